The van der Waals surface area contributed by atoms with E-state index < -0.39 is 5.51 Å². The van der Waals surface area contributed by atoms with Crippen LogP contribution in [0.1, 0.15) is 0 Å². The molecule has 1 aliphatic heterocycles. The Morgan fingerprint density at radius 3 is 2.11 bits per heavy atom. The second kappa shape index (κ2) is 8.31. The molecule has 0 aromatic heterocycles. The van der Waals surface area contributed by atoms with Gasteiger partial charge in [0.2, 0.25) is 0 Å². The Labute approximate surface area is 164 Å². The Morgan fingerprint density at radius 2 is 1.56 bits per heavy atom. The molecule has 0 atom stereocenters. The third-order valence-corrected chi connectivity index (χ3v) is 5.09. The van der Waals surface area contributed by atoms with Gasteiger partial charge in [-0.2, -0.15) is 13.2 Å². The number of carbonyl (C=O) groups is 1. The third kappa shape index (κ3) is 5.71. The lowest BCUT2D eigenvalue weighted by molar-refractivity contribution is -0.0328. The second-order valence-electron chi connectivity index (χ2n) is 5.95. The summed E-state index contributed by atoms with van der Waals surface area (Å²) in [6.45, 7) is 2.49. The summed E-state index contributed by atoms with van der Waals surface area (Å²) in [4.78, 5) is 16.3. The molecule has 3 rings (SSSR count). The lowest BCUT2D eigenvalue weighted by Gasteiger charge is -2.36. The highest BCUT2D eigenvalue weighted by molar-refractivity contribution is 8.00. The van der Waals surface area contributed by atoms with E-state index in [2.05, 4.69) is 10.2 Å². The largest absolute Gasteiger partial charge is 0.446 e. The van der Waals surface area contributed by atoms with E-state index in [4.69, 9.17) is 11.6 Å². The normalized spacial score (nSPS) is 15.0. The topological polar surface area (TPSA) is 35.6 Å². The van der Waals surface area contributed by atoms with Gasteiger partial charge in [0.05, 0.1) is 0 Å². The fraction of sp³-hybridized carbons (Fsp3) is 0.278. The summed E-state index contributed by atoms with van der Waals surface area (Å²) in [5.74, 6) is 0. The van der Waals surface area contributed by atoms with E-state index in [0.29, 0.717) is 36.9 Å². The summed E-state index contributed by atoms with van der Waals surface area (Å²) in [5, 5.41) is 3.40. The van der Waals surface area contributed by atoms with E-state index in [0.717, 1.165) is 5.69 Å². The number of halogens is 4. The van der Waals surface area contributed by atoms with Gasteiger partial charge < -0.3 is 15.1 Å². The van der Waals surface area contributed by atoms with Gasteiger partial charge in [0.15, 0.2) is 0 Å². The number of hydrogen-bond acceptors (Lipinski definition) is 3. The molecule has 0 saturated carbocycles. The molecule has 2 aromatic carbocycles. The maximum absolute atomic E-state index is 12.4. The summed E-state index contributed by atoms with van der Waals surface area (Å²) in [6.07, 6.45) is 0. The van der Waals surface area contributed by atoms with Crippen LogP contribution in [0, 0.1) is 0 Å². The van der Waals surface area contributed by atoms with Crippen molar-refractivity contribution in [3.05, 3.63) is 53.6 Å². The molecule has 0 bridgehead atoms. The number of alkyl halides is 3. The number of nitrogens with zero attached hydrogens (tertiary/aromatic N) is 2. The van der Waals surface area contributed by atoms with Crippen molar-refractivity contribution in [2.24, 2.45) is 0 Å². The van der Waals surface area contributed by atoms with Crippen LogP contribution in [0.4, 0.5) is 29.3 Å². The summed E-state index contributed by atoms with van der Waals surface area (Å²) >= 11 is 5.72. The van der Waals surface area contributed by atoms with Crippen molar-refractivity contribution in [3.8, 4) is 0 Å². The summed E-state index contributed by atoms with van der Waals surface area (Å²) in [7, 11) is 0. The first-order valence-corrected chi connectivity index (χ1v) is 9.42. The fourth-order valence-electron chi connectivity index (χ4n) is 2.76. The minimum absolute atomic E-state index is 0.0806. The molecule has 1 aliphatic rings. The Hall–Kier alpha value is -2.06. The summed E-state index contributed by atoms with van der Waals surface area (Å²) < 4.78 is 37.0. The van der Waals surface area contributed by atoms with Crippen LogP contribution in [-0.2, 0) is 0 Å². The maximum atomic E-state index is 12.4. The standard InChI is InChI=1S/C18H17ClF3N3OS/c19-13-1-5-15(6-2-13)24-9-11-25(12-10-24)17(26)23-14-3-7-16(8-4-14)27-18(20,21)22/h1-8H,9-12H2,(H,23,26). The van der Waals surface area contributed by atoms with Crippen LogP contribution in [0.5, 0.6) is 0 Å². The van der Waals surface area contributed by atoms with Crippen LogP contribution in [0.3, 0.4) is 0 Å². The van der Waals surface area contributed by atoms with Crippen molar-refractivity contribution in [1.82, 2.24) is 4.90 Å². The van der Waals surface area contributed by atoms with Gasteiger partial charge in [-0.25, -0.2) is 4.79 Å². The minimum Gasteiger partial charge on any atom is -0.368 e. The highest BCUT2D eigenvalue weighted by atomic mass is 35.5. The van der Waals surface area contributed by atoms with Gasteiger partial charge in [0, 0.05) is 47.5 Å². The predicted molar refractivity (Wildman–Crippen MR) is 103 cm³/mol. The second-order valence-corrected chi connectivity index (χ2v) is 7.53. The number of thioether (sulfide) groups is 1. The van der Waals surface area contributed by atoms with E-state index in [1.165, 1.54) is 24.3 Å². The lowest BCUT2D eigenvalue weighted by atomic mass is 10.2. The molecule has 1 fully saturated rings. The van der Waals surface area contributed by atoms with Crippen LogP contribution in [0.2, 0.25) is 5.02 Å². The maximum Gasteiger partial charge on any atom is 0.446 e. The number of anilines is 2. The van der Waals surface area contributed by atoms with Crippen molar-refractivity contribution < 1.29 is 18.0 Å². The molecule has 2 amide bonds. The summed E-state index contributed by atoms with van der Waals surface area (Å²) in [5.41, 5.74) is -2.81. The number of amides is 2. The Morgan fingerprint density at radius 1 is 0.963 bits per heavy atom. The zero-order valence-corrected chi connectivity index (χ0v) is 15.7. The van der Waals surface area contributed by atoms with Crippen molar-refractivity contribution in [1.29, 1.82) is 0 Å². The first-order chi connectivity index (χ1) is 12.8. The fourth-order valence-corrected chi connectivity index (χ4v) is 3.43. The lowest BCUT2D eigenvalue weighted by Crippen LogP contribution is -2.50. The predicted octanol–water partition coefficient (Wildman–Crippen LogP) is 5.31. The average molecular weight is 416 g/mol. The summed E-state index contributed by atoms with van der Waals surface area (Å²) in [6, 6.07) is 12.9. The monoisotopic (exact) mass is 415 g/mol. The molecular formula is C18H17ClF3N3OS. The smallest absolute Gasteiger partial charge is 0.368 e. The van der Waals surface area contributed by atoms with Crippen molar-refractivity contribution >= 4 is 40.8 Å². The first-order valence-electron chi connectivity index (χ1n) is 8.22. The molecule has 1 heterocycles. The SMILES string of the molecule is O=C(Nc1ccc(SC(F)(F)F)cc1)N1CCN(c2ccc(Cl)cc2)CC1. The Balaban J connectivity index is 1.51. The molecule has 27 heavy (non-hydrogen) atoms. The van der Waals surface area contributed by atoms with E-state index in [-0.39, 0.29) is 22.7 Å². The number of carbonyl (C=O) groups excluding carboxylic acids is 1. The van der Waals surface area contributed by atoms with E-state index >= 15 is 0 Å². The molecule has 144 valence electrons. The van der Waals surface area contributed by atoms with E-state index in [1.54, 1.807) is 4.90 Å². The quantitative estimate of drug-likeness (QED) is 0.690. The number of nitrogens with one attached hydrogen (secondary N) is 1. The minimum atomic E-state index is -4.32. The molecule has 4 nitrogen and oxygen atoms in total. The number of piperazine rings is 1. The van der Waals surface area contributed by atoms with Gasteiger partial charge in [-0.05, 0) is 60.3 Å². The van der Waals surface area contributed by atoms with E-state index in [9.17, 15) is 18.0 Å². The molecule has 1 saturated heterocycles. The van der Waals surface area contributed by atoms with Crippen molar-refractivity contribution in [2.75, 3.05) is 36.4 Å². The van der Waals surface area contributed by atoms with Gasteiger partial charge in [-0.15, -0.1) is 0 Å². The highest BCUT2D eigenvalue weighted by Crippen LogP contribution is 2.37. The van der Waals surface area contributed by atoms with Crippen LogP contribution in [0.15, 0.2) is 53.4 Å². The van der Waals surface area contributed by atoms with Crippen LogP contribution in [0.25, 0.3) is 0 Å². The Bertz CT molecular complexity index is 776. The number of rotatable bonds is 3. The number of urea groups is 1. The van der Waals surface area contributed by atoms with Crippen LogP contribution < -0.4 is 10.2 Å². The highest BCUT2D eigenvalue weighted by Gasteiger charge is 2.29. The molecule has 0 spiro atoms. The molecule has 0 unspecified atom stereocenters. The van der Waals surface area contributed by atoms with Gasteiger partial charge in [-0.3, -0.25) is 0 Å². The Kier molecular flexibility index (Phi) is 6.06. The van der Waals surface area contributed by atoms with Crippen molar-refractivity contribution in [2.45, 2.75) is 10.4 Å². The van der Waals surface area contributed by atoms with Gasteiger partial charge in [0.1, 0.15) is 0 Å². The molecule has 9 heteroatoms. The van der Waals surface area contributed by atoms with Crippen LogP contribution in [-0.4, -0.2) is 42.6 Å². The van der Waals surface area contributed by atoms with Crippen molar-refractivity contribution in [3.63, 3.8) is 0 Å². The molecule has 0 radical (unpaired) electrons. The van der Waals surface area contributed by atoms with E-state index in [1.807, 2.05) is 24.3 Å². The molecule has 0 aliphatic carbocycles. The molecule has 2 aromatic rings. The average Bonchev–Trinajstić information content (AvgIpc) is 2.63. The van der Waals surface area contributed by atoms with Gasteiger partial charge in [-0.1, -0.05) is 11.6 Å². The molecular weight excluding hydrogens is 399 g/mol. The van der Waals surface area contributed by atoms with Crippen LogP contribution >= 0.6 is 23.4 Å². The van der Waals surface area contributed by atoms with Gasteiger partial charge >= 0.3 is 11.5 Å². The molecule has 1 N–H and O–H groups in total. The first kappa shape index (κ1) is 19.7. The van der Waals surface area contributed by atoms with Gasteiger partial charge in [0.25, 0.3) is 0 Å². The zero-order chi connectivity index (χ0) is 19.4. The third-order valence-electron chi connectivity index (χ3n) is 4.10. The number of hydrogen-bond donors (Lipinski definition) is 1. The number of benzene rings is 2. The zero-order valence-electron chi connectivity index (χ0n) is 14.2.